The van der Waals surface area contributed by atoms with Crippen LogP contribution in [0.2, 0.25) is 0 Å². The molecule has 0 aliphatic rings. The molecule has 0 bridgehead atoms. The molecule has 39 heavy (non-hydrogen) atoms. The van der Waals surface area contributed by atoms with Crippen LogP contribution in [0.5, 0.6) is 0 Å². The second kappa shape index (κ2) is 9.87. The van der Waals surface area contributed by atoms with Crippen LogP contribution < -0.4 is 0 Å². The summed E-state index contributed by atoms with van der Waals surface area (Å²) in [6.07, 6.45) is 6.02. The van der Waals surface area contributed by atoms with Gasteiger partial charge in [0.1, 0.15) is 11.5 Å². The first-order valence-corrected chi connectivity index (χ1v) is 13.3. The molecule has 0 aliphatic carbocycles. The molecule has 0 spiro atoms. The van der Waals surface area contributed by atoms with Gasteiger partial charge in [0.2, 0.25) is 0 Å². The lowest BCUT2D eigenvalue weighted by Gasteiger charge is -2.12. The zero-order valence-corrected chi connectivity index (χ0v) is 22.3. The van der Waals surface area contributed by atoms with Crippen molar-refractivity contribution < 1.29 is 9.90 Å². The van der Waals surface area contributed by atoms with Crippen molar-refractivity contribution in [1.29, 1.82) is 0 Å². The number of aryl methyl sites for hydroxylation is 3. The monoisotopic (exact) mass is 514 g/mol. The van der Waals surface area contributed by atoms with Crippen molar-refractivity contribution in [3.05, 3.63) is 113 Å². The highest BCUT2D eigenvalue weighted by Crippen LogP contribution is 2.30. The number of nitrogens with zero attached hydrogens (tertiary/aromatic N) is 4. The maximum absolute atomic E-state index is 11.7. The SMILES string of the molecule is CCCc1nc2c(C)cc(-c3cn4cccc(C)c4n3)cc2n1Cc1ccc(-c2ccccc2C(=O)O)cc1. The molecule has 6 nitrogen and oxygen atoms in total. The maximum Gasteiger partial charge on any atom is 0.336 e. The summed E-state index contributed by atoms with van der Waals surface area (Å²) in [5.74, 6) is 0.148. The molecule has 0 radical (unpaired) electrons. The maximum atomic E-state index is 11.7. The number of hydrogen-bond acceptors (Lipinski definition) is 3. The van der Waals surface area contributed by atoms with Crippen molar-refractivity contribution in [3.63, 3.8) is 0 Å². The van der Waals surface area contributed by atoms with Gasteiger partial charge in [0.25, 0.3) is 0 Å². The summed E-state index contributed by atoms with van der Waals surface area (Å²) in [6, 6.07) is 23.8. The fraction of sp³-hybridized carbons (Fsp3) is 0.182. The van der Waals surface area contributed by atoms with Gasteiger partial charge >= 0.3 is 5.97 Å². The zero-order chi connectivity index (χ0) is 27.1. The topological polar surface area (TPSA) is 72.4 Å². The normalized spacial score (nSPS) is 11.5. The molecule has 0 saturated carbocycles. The predicted molar refractivity (Wildman–Crippen MR) is 155 cm³/mol. The van der Waals surface area contributed by atoms with Crippen LogP contribution in [-0.2, 0) is 13.0 Å². The van der Waals surface area contributed by atoms with Crippen molar-refractivity contribution in [2.45, 2.75) is 40.2 Å². The summed E-state index contributed by atoms with van der Waals surface area (Å²) in [5, 5.41) is 9.60. The number of rotatable bonds is 7. The van der Waals surface area contributed by atoms with Gasteiger partial charge in [0, 0.05) is 30.9 Å². The minimum Gasteiger partial charge on any atom is -0.478 e. The third-order valence-electron chi connectivity index (χ3n) is 7.33. The molecule has 6 aromatic rings. The fourth-order valence-electron chi connectivity index (χ4n) is 5.37. The first kappa shape index (κ1) is 24.6. The molecule has 194 valence electrons. The highest BCUT2D eigenvalue weighted by Gasteiger charge is 2.17. The van der Waals surface area contributed by atoms with E-state index < -0.39 is 5.97 Å². The largest absolute Gasteiger partial charge is 0.478 e. The number of aromatic carboxylic acids is 1. The van der Waals surface area contributed by atoms with E-state index in [4.69, 9.17) is 9.97 Å². The molecule has 0 saturated heterocycles. The predicted octanol–water partition coefficient (Wildman–Crippen LogP) is 7.33. The van der Waals surface area contributed by atoms with E-state index in [9.17, 15) is 9.90 Å². The third-order valence-corrected chi connectivity index (χ3v) is 7.33. The van der Waals surface area contributed by atoms with E-state index in [1.54, 1.807) is 12.1 Å². The smallest absolute Gasteiger partial charge is 0.336 e. The van der Waals surface area contributed by atoms with Crippen molar-refractivity contribution in [2.24, 2.45) is 0 Å². The molecule has 3 aromatic carbocycles. The average Bonchev–Trinajstić information content (AvgIpc) is 3.53. The van der Waals surface area contributed by atoms with E-state index in [0.29, 0.717) is 12.1 Å². The molecule has 3 aromatic heterocycles. The number of carboxylic acid groups (broad SMARTS) is 1. The Hall–Kier alpha value is -4.71. The lowest BCUT2D eigenvalue weighted by Crippen LogP contribution is -2.05. The van der Waals surface area contributed by atoms with Crippen molar-refractivity contribution in [3.8, 4) is 22.4 Å². The van der Waals surface area contributed by atoms with Crippen LogP contribution in [0, 0.1) is 13.8 Å². The fourth-order valence-corrected chi connectivity index (χ4v) is 5.37. The van der Waals surface area contributed by atoms with E-state index in [-0.39, 0.29) is 0 Å². The number of hydrogen-bond donors (Lipinski definition) is 1. The van der Waals surface area contributed by atoms with Gasteiger partial charge in [-0.15, -0.1) is 0 Å². The number of aromatic nitrogens is 4. The van der Waals surface area contributed by atoms with E-state index in [2.05, 4.69) is 66.3 Å². The molecule has 6 rings (SSSR count). The Morgan fingerprint density at radius 2 is 1.69 bits per heavy atom. The summed E-state index contributed by atoms with van der Waals surface area (Å²) >= 11 is 0. The first-order valence-electron chi connectivity index (χ1n) is 13.3. The van der Waals surface area contributed by atoms with E-state index in [1.807, 2.05) is 36.5 Å². The number of carbonyl (C=O) groups is 1. The van der Waals surface area contributed by atoms with Crippen molar-refractivity contribution in [2.75, 3.05) is 0 Å². The Labute approximate surface area is 227 Å². The van der Waals surface area contributed by atoms with Gasteiger partial charge in [-0.25, -0.2) is 14.8 Å². The summed E-state index contributed by atoms with van der Waals surface area (Å²) in [4.78, 5) is 21.7. The second-order valence-electron chi connectivity index (χ2n) is 10.1. The third kappa shape index (κ3) is 4.48. The summed E-state index contributed by atoms with van der Waals surface area (Å²) in [5.41, 5.74) is 10.4. The van der Waals surface area contributed by atoms with Gasteiger partial charge in [0.05, 0.1) is 22.3 Å². The Bertz CT molecular complexity index is 1840. The molecule has 0 aliphatic heterocycles. The standard InChI is InChI=1S/C33H30N4O2/c1-4-8-30-35-31-22(3)17-25(28-20-36-16-7-9-21(2)32(36)34-28)18-29(31)37(30)19-23-12-14-24(15-13-23)26-10-5-6-11-27(26)33(38)39/h5-7,9-18,20H,4,8,19H2,1-3H3,(H,38,39). The highest BCUT2D eigenvalue weighted by molar-refractivity contribution is 5.96. The van der Waals surface area contributed by atoms with Crippen LogP contribution in [0.1, 0.15) is 46.2 Å². The molecule has 6 heteroatoms. The van der Waals surface area contributed by atoms with Crippen LogP contribution in [0.25, 0.3) is 39.1 Å². The van der Waals surface area contributed by atoms with Gasteiger partial charge in [-0.05, 0) is 72.4 Å². The molecule has 0 amide bonds. The van der Waals surface area contributed by atoms with Gasteiger partial charge in [-0.3, -0.25) is 0 Å². The zero-order valence-electron chi connectivity index (χ0n) is 22.3. The number of imidazole rings is 2. The minimum atomic E-state index is -0.921. The van der Waals surface area contributed by atoms with Crippen molar-refractivity contribution in [1.82, 2.24) is 18.9 Å². The van der Waals surface area contributed by atoms with Crippen molar-refractivity contribution >= 4 is 22.6 Å². The second-order valence-corrected chi connectivity index (χ2v) is 10.1. The summed E-state index contributed by atoms with van der Waals surface area (Å²) in [6.45, 7) is 7.06. The van der Waals surface area contributed by atoms with E-state index >= 15 is 0 Å². The van der Waals surface area contributed by atoms with Crippen LogP contribution >= 0.6 is 0 Å². The lowest BCUT2D eigenvalue weighted by atomic mass is 9.98. The van der Waals surface area contributed by atoms with Gasteiger partial charge < -0.3 is 14.1 Å². The van der Waals surface area contributed by atoms with Gasteiger partial charge in [0.15, 0.2) is 0 Å². The Kier molecular flexibility index (Phi) is 6.23. The van der Waals surface area contributed by atoms with Gasteiger partial charge in [-0.2, -0.15) is 0 Å². The molecular formula is C33H30N4O2. The first-order chi connectivity index (χ1) is 18.9. The van der Waals surface area contributed by atoms with E-state index in [0.717, 1.165) is 74.4 Å². The Morgan fingerprint density at radius 1 is 0.897 bits per heavy atom. The number of pyridine rings is 1. The summed E-state index contributed by atoms with van der Waals surface area (Å²) in [7, 11) is 0. The van der Waals surface area contributed by atoms with Crippen LogP contribution in [0.3, 0.4) is 0 Å². The molecule has 0 atom stereocenters. The average molecular weight is 515 g/mol. The highest BCUT2D eigenvalue weighted by atomic mass is 16.4. The quantitative estimate of drug-likeness (QED) is 0.242. The van der Waals surface area contributed by atoms with Crippen LogP contribution in [0.15, 0.2) is 85.2 Å². The lowest BCUT2D eigenvalue weighted by molar-refractivity contribution is 0.0697. The molecule has 0 unspecified atom stereocenters. The number of benzene rings is 3. The van der Waals surface area contributed by atoms with Crippen LogP contribution in [-0.4, -0.2) is 30.0 Å². The minimum absolute atomic E-state index is 0.307. The molecule has 3 heterocycles. The molecule has 0 fully saturated rings. The Morgan fingerprint density at radius 3 is 2.44 bits per heavy atom. The molecular weight excluding hydrogens is 484 g/mol. The van der Waals surface area contributed by atoms with E-state index in [1.165, 1.54) is 0 Å². The van der Waals surface area contributed by atoms with Crippen LogP contribution in [0.4, 0.5) is 0 Å². The van der Waals surface area contributed by atoms with Gasteiger partial charge in [-0.1, -0.05) is 55.5 Å². The Balaban J connectivity index is 1.41. The summed E-state index contributed by atoms with van der Waals surface area (Å²) < 4.78 is 4.39. The number of fused-ring (bicyclic) bond motifs is 2. The molecule has 1 N–H and O–H groups in total. The number of carboxylic acids is 1.